The first-order chi connectivity index (χ1) is 11.3. The van der Waals surface area contributed by atoms with Gasteiger partial charge >= 0.3 is 153 Å². The molecule has 0 aromatic carbocycles. The zero-order valence-corrected chi connectivity index (χ0v) is 19.7. The second-order valence-electron chi connectivity index (χ2n) is 8.42. The number of rotatable bonds is 16. The van der Waals surface area contributed by atoms with Gasteiger partial charge in [0, 0.05) is 0 Å². The maximum absolute atomic E-state index is 2.36. The van der Waals surface area contributed by atoms with Crippen LogP contribution >= 0.6 is 0 Å². The summed E-state index contributed by atoms with van der Waals surface area (Å²) in [5.74, 6) is 0. The van der Waals surface area contributed by atoms with Crippen LogP contribution in [0.3, 0.4) is 0 Å². The van der Waals surface area contributed by atoms with E-state index in [1.54, 1.807) is 51.8 Å². The monoisotopic (exact) mass is 430 g/mol. The van der Waals surface area contributed by atoms with Gasteiger partial charge in [-0.25, -0.2) is 0 Å². The molecule has 0 amide bonds. The summed E-state index contributed by atoms with van der Waals surface area (Å²) in [6.45, 7) is 7.08. The summed E-state index contributed by atoms with van der Waals surface area (Å²) < 4.78 is 6.58. The van der Waals surface area contributed by atoms with Crippen LogP contribution in [0.2, 0.25) is 17.2 Å². The molecule has 0 unspecified atom stereocenters. The minimum absolute atomic E-state index is 1.30. The topological polar surface area (TPSA) is 0 Å². The summed E-state index contributed by atoms with van der Waals surface area (Å²) in [5.41, 5.74) is 0. The Morgan fingerprint density at radius 3 is 1.22 bits per heavy atom. The molecular formula is C22H46Sn. The van der Waals surface area contributed by atoms with E-state index < -0.39 is 18.4 Å². The SMILES string of the molecule is CCCCC[CH2][Sn]([CH2]CCCCC)([CH2]CCCCC)[CH]1CCC1. The average molecular weight is 429 g/mol. The zero-order valence-electron chi connectivity index (χ0n) is 16.8. The van der Waals surface area contributed by atoms with Crippen LogP contribution in [-0.2, 0) is 0 Å². The van der Waals surface area contributed by atoms with E-state index >= 15 is 0 Å². The van der Waals surface area contributed by atoms with Crippen LogP contribution in [0.1, 0.15) is 117 Å². The predicted molar refractivity (Wildman–Crippen MR) is 110 cm³/mol. The molecule has 0 aliphatic heterocycles. The van der Waals surface area contributed by atoms with Crippen molar-refractivity contribution in [3.63, 3.8) is 0 Å². The molecule has 0 atom stereocenters. The number of unbranched alkanes of at least 4 members (excludes halogenated alkanes) is 9. The van der Waals surface area contributed by atoms with E-state index in [9.17, 15) is 0 Å². The van der Waals surface area contributed by atoms with Gasteiger partial charge in [0.25, 0.3) is 0 Å². The van der Waals surface area contributed by atoms with Crippen LogP contribution < -0.4 is 0 Å². The molecule has 1 rings (SSSR count). The summed E-state index contributed by atoms with van der Waals surface area (Å²) in [7, 11) is 0. The quantitative estimate of drug-likeness (QED) is 0.170. The van der Waals surface area contributed by atoms with E-state index in [0.29, 0.717) is 0 Å². The van der Waals surface area contributed by atoms with Crippen molar-refractivity contribution in [2.75, 3.05) is 0 Å². The zero-order chi connectivity index (χ0) is 16.8. The number of hydrogen-bond donors (Lipinski definition) is 0. The molecule has 23 heavy (non-hydrogen) atoms. The fourth-order valence-electron chi connectivity index (χ4n) is 4.72. The normalized spacial score (nSPS) is 15.8. The van der Waals surface area contributed by atoms with Crippen LogP contribution in [0.15, 0.2) is 0 Å². The minimum atomic E-state index is -1.84. The van der Waals surface area contributed by atoms with Gasteiger partial charge in [0.15, 0.2) is 0 Å². The van der Waals surface area contributed by atoms with E-state index in [1.165, 1.54) is 61.7 Å². The third kappa shape index (κ3) is 8.63. The van der Waals surface area contributed by atoms with Gasteiger partial charge in [-0.1, -0.05) is 0 Å². The van der Waals surface area contributed by atoms with Crippen LogP contribution in [0, 0.1) is 0 Å². The standard InChI is InChI=1S/3C6H13.C4H7.Sn/c3*1-3-5-6-4-2;1-2-4-3-1;/h3*1,3-6H2,2H3;1H,2-4H2;. The molecular weight excluding hydrogens is 383 g/mol. The van der Waals surface area contributed by atoms with E-state index in [4.69, 9.17) is 0 Å². The van der Waals surface area contributed by atoms with Crippen molar-refractivity contribution >= 4 is 18.4 Å². The maximum atomic E-state index is 2.36. The van der Waals surface area contributed by atoms with E-state index in [1.807, 2.05) is 0 Å². The predicted octanol–water partition coefficient (Wildman–Crippen LogP) is 8.73. The Bertz CT molecular complexity index is 225. The van der Waals surface area contributed by atoms with Gasteiger partial charge < -0.3 is 0 Å². The van der Waals surface area contributed by atoms with Crippen molar-refractivity contribution in [1.82, 2.24) is 0 Å². The molecule has 0 N–H and O–H groups in total. The third-order valence-corrected chi connectivity index (χ3v) is 24.7. The molecule has 1 aliphatic carbocycles. The Labute approximate surface area is 152 Å². The molecule has 0 saturated heterocycles. The second kappa shape index (κ2) is 14.0. The summed E-state index contributed by atoms with van der Waals surface area (Å²) in [6.07, 6.45) is 22.9. The van der Waals surface area contributed by atoms with Gasteiger partial charge in [0.1, 0.15) is 0 Å². The van der Waals surface area contributed by atoms with Crippen LogP contribution in [0.25, 0.3) is 0 Å². The summed E-state index contributed by atoms with van der Waals surface area (Å²) in [6, 6.07) is 0. The Hall–Kier alpha value is 0.799. The summed E-state index contributed by atoms with van der Waals surface area (Å²) in [4.78, 5) is 0. The molecule has 1 saturated carbocycles. The molecule has 0 aromatic rings. The molecule has 0 spiro atoms. The fraction of sp³-hybridized carbons (Fsp3) is 1.00. The number of hydrogen-bond acceptors (Lipinski definition) is 0. The Morgan fingerprint density at radius 2 is 0.957 bits per heavy atom. The summed E-state index contributed by atoms with van der Waals surface area (Å²) >= 11 is -1.84. The molecule has 0 nitrogen and oxygen atoms in total. The van der Waals surface area contributed by atoms with Crippen LogP contribution in [0.5, 0.6) is 0 Å². The Balaban J connectivity index is 2.54. The fourth-order valence-corrected chi connectivity index (χ4v) is 23.2. The average Bonchev–Trinajstić information content (AvgIpc) is 2.51. The first-order valence-electron chi connectivity index (χ1n) is 11.3. The van der Waals surface area contributed by atoms with Gasteiger partial charge in [-0.15, -0.1) is 0 Å². The van der Waals surface area contributed by atoms with Crippen molar-refractivity contribution in [3.8, 4) is 0 Å². The van der Waals surface area contributed by atoms with Crippen molar-refractivity contribution < 1.29 is 0 Å². The van der Waals surface area contributed by atoms with E-state index in [0.717, 1.165) is 0 Å². The van der Waals surface area contributed by atoms with Gasteiger partial charge in [-0.05, 0) is 0 Å². The van der Waals surface area contributed by atoms with Crippen molar-refractivity contribution in [1.29, 1.82) is 0 Å². The molecule has 1 heteroatoms. The second-order valence-corrected chi connectivity index (χ2v) is 22.8. The van der Waals surface area contributed by atoms with Crippen molar-refractivity contribution in [3.05, 3.63) is 0 Å². The van der Waals surface area contributed by atoms with Gasteiger partial charge in [0.05, 0.1) is 0 Å². The van der Waals surface area contributed by atoms with E-state index in [2.05, 4.69) is 20.8 Å². The first kappa shape index (κ1) is 21.8. The molecule has 0 bridgehead atoms. The van der Waals surface area contributed by atoms with Crippen molar-refractivity contribution in [2.45, 2.75) is 134 Å². The Morgan fingerprint density at radius 1 is 0.565 bits per heavy atom. The third-order valence-electron chi connectivity index (χ3n) is 6.56. The molecule has 0 aromatic heterocycles. The molecule has 138 valence electrons. The first-order valence-corrected chi connectivity index (χ1v) is 19.0. The van der Waals surface area contributed by atoms with Gasteiger partial charge in [0.2, 0.25) is 0 Å². The molecule has 1 fully saturated rings. The van der Waals surface area contributed by atoms with Gasteiger partial charge in [-0.3, -0.25) is 0 Å². The van der Waals surface area contributed by atoms with Gasteiger partial charge in [-0.2, -0.15) is 0 Å². The van der Waals surface area contributed by atoms with Crippen molar-refractivity contribution in [2.24, 2.45) is 0 Å². The van der Waals surface area contributed by atoms with E-state index in [-0.39, 0.29) is 0 Å². The summed E-state index contributed by atoms with van der Waals surface area (Å²) in [5, 5.41) is 0. The Kier molecular flexibility index (Phi) is 13.3. The van der Waals surface area contributed by atoms with Crippen LogP contribution in [-0.4, -0.2) is 18.4 Å². The molecule has 0 heterocycles. The van der Waals surface area contributed by atoms with Crippen LogP contribution in [0.4, 0.5) is 0 Å². The molecule has 1 aliphatic rings. The molecule has 0 radical (unpaired) electrons.